The van der Waals surface area contributed by atoms with Crippen LogP contribution in [0, 0.1) is 6.92 Å². The van der Waals surface area contributed by atoms with Gasteiger partial charge in [0.2, 0.25) is 0 Å². The van der Waals surface area contributed by atoms with Crippen LogP contribution >= 0.6 is 0 Å². The molecule has 0 bridgehead atoms. The number of amides is 1. The van der Waals surface area contributed by atoms with Gasteiger partial charge in [0.25, 0.3) is 5.91 Å². The third-order valence-corrected chi connectivity index (χ3v) is 2.43. The normalized spacial score (nSPS) is 11.9. The molecule has 0 aliphatic heterocycles. The van der Waals surface area contributed by atoms with Crippen molar-refractivity contribution in [2.45, 2.75) is 20.0 Å². The molecule has 0 spiro atoms. The number of nitrogens with zero attached hydrogens (tertiary/aromatic N) is 1. The summed E-state index contributed by atoms with van der Waals surface area (Å²) in [7, 11) is 0. The first kappa shape index (κ1) is 12.2. The van der Waals surface area contributed by atoms with Crippen LogP contribution in [0.15, 0.2) is 36.5 Å². The van der Waals surface area contributed by atoms with Crippen molar-refractivity contribution in [3.8, 4) is 5.75 Å². The van der Waals surface area contributed by atoms with Crippen molar-refractivity contribution >= 4 is 11.7 Å². The van der Waals surface area contributed by atoms with E-state index >= 15 is 0 Å². The van der Waals surface area contributed by atoms with Gasteiger partial charge in [-0.3, -0.25) is 9.89 Å². The number of anilines is 1. The van der Waals surface area contributed by atoms with E-state index in [4.69, 9.17) is 4.74 Å². The number of hydrogen-bond acceptors (Lipinski definition) is 3. The largest absolute Gasteiger partial charge is 0.481 e. The predicted octanol–water partition coefficient (Wildman–Crippen LogP) is 2.12. The van der Waals surface area contributed by atoms with E-state index in [1.165, 1.54) is 0 Å². The lowest BCUT2D eigenvalue weighted by Crippen LogP contribution is -2.30. The Morgan fingerprint density at radius 3 is 2.94 bits per heavy atom. The number of benzene rings is 1. The van der Waals surface area contributed by atoms with Crippen molar-refractivity contribution in [1.82, 2.24) is 10.2 Å². The number of aromatic amines is 1. The second-order valence-corrected chi connectivity index (χ2v) is 4.04. The van der Waals surface area contributed by atoms with E-state index in [2.05, 4.69) is 15.5 Å². The molecule has 5 heteroatoms. The van der Waals surface area contributed by atoms with Gasteiger partial charge in [-0.2, -0.15) is 5.10 Å². The van der Waals surface area contributed by atoms with Gasteiger partial charge in [0.05, 0.1) is 6.20 Å². The molecule has 0 aliphatic carbocycles. The van der Waals surface area contributed by atoms with E-state index in [9.17, 15) is 4.79 Å². The molecule has 18 heavy (non-hydrogen) atoms. The lowest BCUT2D eigenvalue weighted by Gasteiger charge is -2.14. The molecule has 1 heterocycles. The van der Waals surface area contributed by atoms with Crippen molar-refractivity contribution in [2.24, 2.45) is 0 Å². The van der Waals surface area contributed by atoms with Crippen LogP contribution < -0.4 is 10.1 Å². The average molecular weight is 245 g/mol. The molecule has 2 N–H and O–H groups in total. The van der Waals surface area contributed by atoms with Crippen LogP contribution in [0.1, 0.15) is 12.5 Å². The number of carbonyl (C=O) groups excluding carboxylic acids is 1. The summed E-state index contributed by atoms with van der Waals surface area (Å²) in [6.07, 6.45) is 0.997. The van der Waals surface area contributed by atoms with Crippen molar-refractivity contribution in [1.29, 1.82) is 0 Å². The Labute approximate surface area is 105 Å². The molecule has 1 amide bonds. The van der Waals surface area contributed by atoms with Crippen LogP contribution in [0.25, 0.3) is 0 Å². The number of aryl methyl sites for hydroxylation is 1. The maximum Gasteiger partial charge on any atom is 0.266 e. The number of ether oxygens (including phenoxy) is 1. The third kappa shape index (κ3) is 3.10. The first-order chi connectivity index (χ1) is 8.65. The quantitative estimate of drug-likeness (QED) is 0.867. The number of carbonyl (C=O) groups is 1. The molecule has 94 valence electrons. The Bertz CT molecular complexity index is 523. The smallest absolute Gasteiger partial charge is 0.266 e. The van der Waals surface area contributed by atoms with Gasteiger partial charge < -0.3 is 10.1 Å². The SMILES string of the molecule is Cc1cccc(OC(C)C(=O)Nc2ccn[nH]2)c1. The van der Waals surface area contributed by atoms with Gasteiger partial charge in [-0.05, 0) is 31.5 Å². The first-order valence-electron chi connectivity index (χ1n) is 5.69. The second-order valence-electron chi connectivity index (χ2n) is 4.04. The Morgan fingerprint density at radius 1 is 1.44 bits per heavy atom. The van der Waals surface area contributed by atoms with Gasteiger partial charge in [0.1, 0.15) is 11.6 Å². The standard InChI is InChI=1S/C13H15N3O2/c1-9-4-3-5-11(8-9)18-10(2)13(17)15-12-6-7-14-16-12/h3-8,10H,1-2H3,(H2,14,15,16,17). The zero-order valence-corrected chi connectivity index (χ0v) is 10.3. The monoisotopic (exact) mass is 245 g/mol. The molecule has 5 nitrogen and oxygen atoms in total. The Balaban J connectivity index is 1.95. The molecule has 1 aromatic carbocycles. The highest BCUT2D eigenvalue weighted by molar-refractivity contribution is 5.93. The summed E-state index contributed by atoms with van der Waals surface area (Å²) in [5.41, 5.74) is 1.09. The number of H-pyrrole nitrogens is 1. The molecule has 0 saturated carbocycles. The number of aromatic nitrogens is 2. The molecular formula is C13H15N3O2. The summed E-state index contributed by atoms with van der Waals surface area (Å²) < 4.78 is 5.56. The summed E-state index contributed by atoms with van der Waals surface area (Å²) in [4.78, 5) is 11.8. The Hall–Kier alpha value is -2.30. The Kier molecular flexibility index (Phi) is 3.62. The van der Waals surface area contributed by atoms with Crippen molar-refractivity contribution < 1.29 is 9.53 Å². The minimum absolute atomic E-state index is 0.222. The molecule has 0 saturated heterocycles. The fourth-order valence-corrected chi connectivity index (χ4v) is 1.51. The van der Waals surface area contributed by atoms with E-state index in [1.807, 2.05) is 31.2 Å². The average Bonchev–Trinajstić information content (AvgIpc) is 2.81. The predicted molar refractivity (Wildman–Crippen MR) is 68.5 cm³/mol. The molecule has 1 unspecified atom stereocenters. The highest BCUT2D eigenvalue weighted by atomic mass is 16.5. The fraction of sp³-hybridized carbons (Fsp3) is 0.231. The van der Waals surface area contributed by atoms with E-state index in [-0.39, 0.29) is 5.91 Å². The molecular weight excluding hydrogens is 230 g/mol. The zero-order valence-electron chi connectivity index (χ0n) is 10.3. The van der Waals surface area contributed by atoms with E-state index in [0.29, 0.717) is 11.6 Å². The molecule has 1 aromatic heterocycles. The minimum atomic E-state index is -0.574. The highest BCUT2D eigenvalue weighted by Gasteiger charge is 2.15. The number of rotatable bonds is 4. The van der Waals surface area contributed by atoms with Crippen LogP contribution in [-0.4, -0.2) is 22.2 Å². The summed E-state index contributed by atoms with van der Waals surface area (Å²) >= 11 is 0. The summed E-state index contributed by atoms with van der Waals surface area (Å²) in [6, 6.07) is 9.26. The van der Waals surface area contributed by atoms with Crippen LogP contribution in [-0.2, 0) is 4.79 Å². The van der Waals surface area contributed by atoms with E-state index in [1.54, 1.807) is 19.2 Å². The number of hydrogen-bond donors (Lipinski definition) is 2. The summed E-state index contributed by atoms with van der Waals surface area (Å²) in [6.45, 7) is 3.68. The van der Waals surface area contributed by atoms with E-state index in [0.717, 1.165) is 5.56 Å². The van der Waals surface area contributed by atoms with Gasteiger partial charge in [-0.25, -0.2) is 0 Å². The maximum absolute atomic E-state index is 11.8. The van der Waals surface area contributed by atoms with Crippen LogP contribution in [0.4, 0.5) is 5.82 Å². The van der Waals surface area contributed by atoms with Gasteiger partial charge in [0.15, 0.2) is 6.10 Å². The van der Waals surface area contributed by atoms with Crippen LogP contribution in [0.3, 0.4) is 0 Å². The van der Waals surface area contributed by atoms with E-state index < -0.39 is 6.10 Å². The molecule has 0 fully saturated rings. The summed E-state index contributed by atoms with van der Waals surface area (Å²) in [5, 5.41) is 9.08. The minimum Gasteiger partial charge on any atom is -0.481 e. The molecule has 2 rings (SSSR count). The summed E-state index contributed by atoms with van der Waals surface area (Å²) in [5.74, 6) is 1.02. The van der Waals surface area contributed by atoms with Crippen LogP contribution in [0.2, 0.25) is 0 Å². The van der Waals surface area contributed by atoms with Gasteiger partial charge in [-0.1, -0.05) is 12.1 Å². The first-order valence-corrected chi connectivity index (χ1v) is 5.69. The molecule has 0 aliphatic rings. The van der Waals surface area contributed by atoms with Crippen LogP contribution in [0.5, 0.6) is 5.75 Å². The third-order valence-electron chi connectivity index (χ3n) is 2.43. The molecule has 2 aromatic rings. The number of nitrogens with one attached hydrogen (secondary N) is 2. The molecule has 0 radical (unpaired) electrons. The lowest BCUT2D eigenvalue weighted by atomic mass is 10.2. The Morgan fingerprint density at radius 2 is 2.28 bits per heavy atom. The van der Waals surface area contributed by atoms with Gasteiger partial charge in [0, 0.05) is 6.07 Å². The van der Waals surface area contributed by atoms with Crippen molar-refractivity contribution in [3.05, 3.63) is 42.1 Å². The van der Waals surface area contributed by atoms with Gasteiger partial charge >= 0.3 is 0 Å². The maximum atomic E-state index is 11.8. The highest BCUT2D eigenvalue weighted by Crippen LogP contribution is 2.14. The second kappa shape index (κ2) is 5.35. The van der Waals surface area contributed by atoms with Gasteiger partial charge in [-0.15, -0.1) is 0 Å². The zero-order chi connectivity index (χ0) is 13.0. The topological polar surface area (TPSA) is 67.0 Å². The lowest BCUT2D eigenvalue weighted by molar-refractivity contribution is -0.122. The van der Waals surface area contributed by atoms with Crippen molar-refractivity contribution in [2.75, 3.05) is 5.32 Å². The fourth-order valence-electron chi connectivity index (χ4n) is 1.51. The van der Waals surface area contributed by atoms with Crippen molar-refractivity contribution in [3.63, 3.8) is 0 Å². The molecule has 1 atom stereocenters.